The number of nitrogens with one attached hydrogen (secondary N) is 1. The van der Waals surface area contributed by atoms with E-state index in [1.807, 2.05) is 71.9 Å². The monoisotopic (exact) mass is 1300 g/mol. The Labute approximate surface area is 537 Å². The topological polar surface area (TPSA) is 209 Å². The summed E-state index contributed by atoms with van der Waals surface area (Å²) in [4.78, 5) is 55.4. The third-order valence-electron chi connectivity index (χ3n) is 16.8. The molecule has 26 heteroatoms. The van der Waals surface area contributed by atoms with Crippen LogP contribution in [0.4, 0.5) is 39.2 Å². The third kappa shape index (κ3) is 11.3. The molecule has 1 unspecified atom stereocenters. The van der Waals surface area contributed by atoms with Crippen LogP contribution < -0.4 is 20.9 Å². The quantitative estimate of drug-likeness (QED) is 0.0524. The number of piperazine rings is 2. The number of benzene rings is 5. The van der Waals surface area contributed by atoms with Crippen molar-refractivity contribution in [3.05, 3.63) is 148 Å². The molecule has 3 N–H and O–H groups in total. The minimum atomic E-state index is -0.841. The van der Waals surface area contributed by atoms with Crippen molar-refractivity contribution in [2.75, 3.05) is 108 Å². The molecule has 2 aliphatic heterocycles. The molecule has 0 saturated carbocycles. The van der Waals surface area contributed by atoms with E-state index in [9.17, 15) is 20.1 Å². The van der Waals surface area contributed by atoms with E-state index in [1.165, 1.54) is 42.5 Å². The fourth-order valence-electron chi connectivity index (χ4n) is 11.9. The number of amides is 2. The second-order valence-corrected chi connectivity index (χ2v) is 25.1. The second kappa shape index (κ2) is 25.2. The molecular weight excluding hydrogens is 1250 g/mol. The van der Waals surface area contributed by atoms with E-state index in [2.05, 4.69) is 40.7 Å². The number of rotatable bonds is 16. The molecule has 18 nitrogen and oxygen atoms in total. The molecule has 0 bridgehead atoms. The maximum Gasteiger partial charge on any atom is 0.246 e. The van der Waals surface area contributed by atoms with E-state index in [0.717, 1.165) is 28.2 Å². The molecule has 0 aliphatic carbocycles. The summed E-state index contributed by atoms with van der Waals surface area (Å²) in [7, 11) is 5.75. The van der Waals surface area contributed by atoms with Crippen molar-refractivity contribution in [2.24, 2.45) is 0 Å². The first kappa shape index (κ1) is 61.9. The first-order chi connectivity index (χ1) is 43.8. The summed E-state index contributed by atoms with van der Waals surface area (Å²) >= 11 is 16.1. The molecule has 91 heavy (non-hydrogen) atoms. The van der Waals surface area contributed by atoms with E-state index in [0.29, 0.717) is 60.5 Å². The number of halogens is 6. The molecule has 5 aromatic carbocycles. The predicted molar refractivity (Wildman–Crippen MR) is 352 cm³/mol. The smallest absolute Gasteiger partial charge is 0.246 e. The lowest BCUT2D eigenvalue weighted by molar-refractivity contribution is -0.127. The van der Waals surface area contributed by atoms with E-state index in [-0.39, 0.29) is 159 Å². The second-order valence-electron chi connectivity index (χ2n) is 22.2. The van der Waals surface area contributed by atoms with Gasteiger partial charge in [0.1, 0.15) is 51.6 Å². The minimum absolute atomic E-state index is 0.00875. The number of carbonyl (C=O) groups excluding carboxylic acids is 2. The van der Waals surface area contributed by atoms with Crippen molar-refractivity contribution in [3.8, 4) is 57.0 Å². The average molecular weight is 1300 g/mol. The van der Waals surface area contributed by atoms with Gasteiger partial charge in [-0.15, -0.1) is 0 Å². The summed E-state index contributed by atoms with van der Waals surface area (Å²) in [5.41, 5.74) is 9.75. The van der Waals surface area contributed by atoms with Gasteiger partial charge in [-0.1, -0.05) is 77.2 Å². The summed E-state index contributed by atoms with van der Waals surface area (Å²) in [5, 5.41) is 30.8. The molecule has 2 amide bonds. The fraction of sp³-hybridized carbons (Fsp3) is 0.246. The molecule has 10 aromatic rings. The van der Waals surface area contributed by atoms with Crippen LogP contribution in [0.1, 0.15) is 29.7 Å². The van der Waals surface area contributed by atoms with Gasteiger partial charge >= 0.3 is 0 Å². The van der Waals surface area contributed by atoms with E-state index >= 15 is 17.6 Å². The highest BCUT2D eigenvalue weighted by molar-refractivity contribution is 7.22. The van der Waals surface area contributed by atoms with Gasteiger partial charge in [0.2, 0.25) is 11.8 Å². The summed E-state index contributed by atoms with van der Waals surface area (Å²) in [6.07, 6.45) is 4.04. The van der Waals surface area contributed by atoms with Crippen LogP contribution in [0.5, 0.6) is 0 Å². The maximum absolute atomic E-state index is 17.9. The van der Waals surface area contributed by atoms with Crippen molar-refractivity contribution < 1.29 is 27.2 Å². The number of thiazole rings is 2. The molecule has 2 aliphatic rings. The summed E-state index contributed by atoms with van der Waals surface area (Å²) in [5.74, 6) is -3.29. The highest BCUT2D eigenvalue weighted by atomic mass is 35.5. The van der Waals surface area contributed by atoms with Crippen LogP contribution in [0, 0.1) is 45.9 Å². The molecule has 1 atom stereocenters. The number of nitrogens with two attached hydrogens (primary N) is 1. The number of aromatic nitrogens is 6. The van der Waals surface area contributed by atoms with Gasteiger partial charge in [-0.2, -0.15) is 15.6 Å². The average Bonchev–Trinajstić information content (AvgIpc) is 1.41. The zero-order valence-electron chi connectivity index (χ0n) is 49.6. The van der Waals surface area contributed by atoms with Crippen LogP contribution in [0.15, 0.2) is 98.2 Å². The number of nitriles is 2. The number of anilines is 4. The Kier molecular flexibility index (Phi) is 17.1. The Morgan fingerprint density at radius 3 is 1.78 bits per heavy atom. The summed E-state index contributed by atoms with van der Waals surface area (Å²) in [6.45, 7) is 12.5. The number of carbonyl (C=O) groups is 2. The molecule has 2 saturated heterocycles. The predicted octanol–water partition coefficient (Wildman–Crippen LogP) is 12.3. The number of pyridine rings is 2. The van der Waals surface area contributed by atoms with Crippen LogP contribution in [0.3, 0.4) is 0 Å². The Balaban J connectivity index is 0.857. The molecule has 5 aromatic heterocycles. The number of nitrogen functional groups attached to an aromatic ring is 1. The van der Waals surface area contributed by atoms with Gasteiger partial charge in [0.25, 0.3) is 0 Å². The van der Waals surface area contributed by atoms with Gasteiger partial charge < -0.3 is 35.6 Å². The van der Waals surface area contributed by atoms with Gasteiger partial charge in [0, 0.05) is 110 Å². The third-order valence-corrected chi connectivity index (χ3v) is 19.3. The van der Waals surface area contributed by atoms with Gasteiger partial charge in [-0.05, 0) is 94.3 Å². The minimum Gasteiger partial charge on any atom is -0.375 e. The maximum atomic E-state index is 17.9. The van der Waals surface area contributed by atoms with Crippen molar-refractivity contribution >= 4 is 122 Å². The fourth-order valence-corrected chi connectivity index (χ4v) is 14.1. The molecule has 0 radical (unpaired) electrons. The summed E-state index contributed by atoms with van der Waals surface area (Å²) < 4.78 is 68.5. The zero-order valence-corrected chi connectivity index (χ0v) is 52.7. The number of nitrogens with zero attached hydrogens (tertiary/aromatic N) is 14. The van der Waals surface area contributed by atoms with Crippen LogP contribution >= 0.6 is 45.9 Å². The number of likely N-dealkylation sites (N-methyl/N-ethyl adjacent to an activating group) is 1. The SMILES string of the molecule is C=CC(=O)N1CCN(c2c(C#N)c(-c3cccc(C(C)N(C)C)c3)nc3c(F)c(-c4ccc(F)c5sc(NCN(C)CCn6nccc6-c6nc7c(F)c(-c8ccc(F)c9sc(N)nc89)c(Cl)cc7c(N7CCN(C(=O)C=C)CC7)c6C#N)nc45)c(Cl)cc23)CC1. The lowest BCUT2D eigenvalue weighted by Gasteiger charge is -2.37. The van der Waals surface area contributed by atoms with Gasteiger partial charge in [-0.3, -0.25) is 19.2 Å². The lowest BCUT2D eigenvalue weighted by Crippen LogP contribution is -2.48. The summed E-state index contributed by atoms with van der Waals surface area (Å²) in [6, 6.07) is 22.4. The highest BCUT2D eigenvalue weighted by Gasteiger charge is 2.33. The number of fused-ring (bicyclic) bond motifs is 4. The lowest BCUT2D eigenvalue weighted by atomic mass is 9.95. The van der Waals surface area contributed by atoms with Crippen molar-refractivity contribution in [3.63, 3.8) is 0 Å². The molecule has 0 spiro atoms. The zero-order chi connectivity index (χ0) is 64.3. The Bertz CT molecular complexity index is 4740. The van der Waals surface area contributed by atoms with Gasteiger partial charge in [-0.25, -0.2) is 37.5 Å². The van der Waals surface area contributed by atoms with Gasteiger partial charge in [0.05, 0.1) is 66.5 Å². The largest absolute Gasteiger partial charge is 0.375 e. The standard InChI is InChI=1S/C65H56Cl2F4N16O2S2/c1-7-48(88)83-19-23-85(24-20-83)60-39-29-44(67)51(52(70)56(39)77-54(41(60)31-72)36-11-9-10-35(28-36)34(3)81(4)5)38-13-15-46(69)63-59(38)80-65(91-63)75-33-82(6)18-27-87-47(16-17-76-87)55-42(32-73)61(86-25-21-84(22-26-86)49(89)8-2)40-30-43(66)50(53(71)57(40)78-55)37-12-14-45(68)62-58(37)79-64(74)90-62/h7-17,28-30,34H,1-2,18-27,33H2,3-6H3,(H2,74,79)(H,75,80). The van der Waals surface area contributed by atoms with Crippen LogP contribution in [0.2, 0.25) is 10.0 Å². The molecule has 12 rings (SSSR count). The normalized spacial score (nSPS) is 14.1. The molecule has 7 heterocycles. The Morgan fingerprint density at radius 1 is 0.714 bits per heavy atom. The van der Waals surface area contributed by atoms with Crippen LogP contribution in [-0.2, 0) is 16.1 Å². The molecular formula is C65H56Cl2F4N16O2S2. The highest BCUT2D eigenvalue weighted by Crippen LogP contribution is 2.48. The van der Waals surface area contributed by atoms with Crippen LogP contribution in [0.25, 0.3) is 87.1 Å². The van der Waals surface area contributed by atoms with Gasteiger partial charge in [0.15, 0.2) is 21.9 Å². The van der Waals surface area contributed by atoms with Crippen molar-refractivity contribution in [1.82, 2.24) is 49.3 Å². The van der Waals surface area contributed by atoms with E-state index in [4.69, 9.17) is 43.9 Å². The van der Waals surface area contributed by atoms with E-state index in [1.54, 1.807) is 32.8 Å². The van der Waals surface area contributed by atoms with Crippen molar-refractivity contribution in [1.29, 1.82) is 10.5 Å². The first-order valence-electron chi connectivity index (χ1n) is 28.8. The molecule has 462 valence electrons. The number of hydrogen-bond acceptors (Lipinski definition) is 17. The molecule has 2 fully saturated rings. The first-order valence-corrected chi connectivity index (χ1v) is 31.2. The van der Waals surface area contributed by atoms with Crippen molar-refractivity contribution in [2.45, 2.75) is 19.5 Å². The Hall–Kier alpha value is -9.27. The number of hydrogen-bond donors (Lipinski definition) is 2. The van der Waals surface area contributed by atoms with Crippen LogP contribution in [-0.4, -0.2) is 148 Å². The Morgan fingerprint density at radius 2 is 1.24 bits per heavy atom. The van der Waals surface area contributed by atoms with E-state index < -0.39 is 23.3 Å².